The molecule has 0 saturated heterocycles. The maximum atomic E-state index is 10.7. The molecule has 4 nitrogen and oxygen atoms in total. The first-order valence-corrected chi connectivity index (χ1v) is 7.30. The highest BCUT2D eigenvalue weighted by Crippen LogP contribution is 2.29. The molecule has 1 atom stereocenters. The molecule has 1 heterocycles. The van der Waals surface area contributed by atoms with Gasteiger partial charge in [0.25, 0.3) is 0 Å². The fraction of sp³-hybridized carbons (Fsp3) is 0.615. The minimum absolute atomic E-state index is 0.0150. The average molecular weight is 271 g/mol. The van der Waals surface area contributed by atoms with Crippen LogP contribution in [0.2, 0.25) is 0 Å². The minimum atomic E-state index is -1.01. The molecule has 0 radical (unpaired) electrons. The maximum Gasteiger partial charge on any atom is 0.371 e. The summed E-state index contributed by atoms with van der Waals surface area (Å²) in [4.78, 5) is 13.1. The van der Waals surface area contributed by atoms with E-state index in [-0.39, 0.29) is 11.0 Å². The molecule has 0 saturated carbocycles. The number of thioether (sulfide) groups is 1. The van der Waals surface area contributed by atoms with Crippen molar-refractivity contribution in [2.45, 2.75) is 26.0 Å². The highest BCUT2D eigenvalue weighted by molar-refractivity contribution is 7.99. The van der Waals surface area contributed by atoms with E-state index in [0.717, 1.165) is 31.1 Å². The zero-order valence-corrected chi connectivity index (χ0v) is 12.0. The van der Waals surface area contributed by atoms with E-state index in [1.165, 1.54) is 6.07 Å². The van der Waals surface area contributed by atoms with Crippen molar-refractivity contribution < 1.29 is 14.3 Å². The zero-order valence-electron chi connectivity index (χ0n) is 11.2. The van der Waals surface area contributed by atoms with Gasteiger partial charge in [-0.25, -0.2) is 4.79 Å². The van der Waals surface area contributed by atoms with E-state index in [4.69, 9.17) is 9.52 Å². The van der Waals surface area contributed by atoms with Crippen LogP contribution in [0.15, 0.2) is 16.5 Å². The third kappa shape index (κ3) is 4.38. The van der Waals surface area contributed by atoms with Crippen molar-refractivity contribution in [2.75, 3.05) is 25.4 Å². The smallest absolute Gasteiger partial charge is 0.371 e. The van der Waals surface area contributed by atoms with Gasteiger partial charge in [-0.05, 0) is 32.1 Å². The van der Waals surface area contributed by atoms with Gasteiger partial charge in [0.15, 0.2) is 0 Å². The minimum Gasteiger partial charge on any atom is -0.475 e. The lowest BCUT2D eigenvalue weighted by Crippen LogP contribution is -2.25. The Morgan fingerprint density at radius 3 is 2.61 bits per heavy atom. The second-order valence-corrected chi connectivity index (χ2v) is 5.50. The van der Waals surface area contributed by atoms with Crippen molar-refractivity contribution in [1.82, 2.24) is 4.90 Å². The van der Waals surface area contributed by atoms with Gasteiger partial charge >= 0.3 is 5.97 Å². The second kappa shape index (κ2) is 7.48. The number of hydrogen-bond donors (Lipinski definition) is 1. The molecule has 0 aliphatic heterocycles. The van der Waals surface area contributed by atoms with E-state index >= 15 is 0 Å². The summed E-state index contributed by atoms with van der Waals surface area (Å²) in [6.45, 7) is 9.53. The zero-order chi connectivity index (χ0) is 13.5. The first-order chi connectivity index (χ1) is 8.58. The third-order valence-electron chi connectivity index (χ3n) is 2.91. The molecule has 1 unspecified atom stereocenters. The predicted octanol–water partition coefficient (Wildman–Crippen LogP) is 3.11. The van der Waals surface area contributed by atoms with Gasteiger partial charge in [-0.3, -0.25) is 0 Å². The molecule has 0 spiro atoms. The molecular weight excluding hydrogens is 250 g/mol. The molecule has 0 fully saturated rings. The second-order valence-electron chi connectivity index (χ2n) is 4.05. The summed E-state index contributed by atoms with van der Waals surface area (Å²) in [5, 5.41) is 8.97. The molecule has 102 valence electrons. The van der Waals surface area contributed by atoms with Gasteiger partial charge in [0.05, 0.1) is 5.25 Å². The van der Waals surface area contributed by atoms with Gasteiger partial charge in [-0.15, -0.1) is 11.8 Å². The number of aromatic carboxylic acids is 1. The Kier molecular flexibility index (Phi) is 6.29. The van der Waals surface area contributed by atoms with Crippen molar-refractivity contribution in [3.8, 4) is 0 Å². The predicted molar refractivity (Wildman–Crippen MR) is 74.3 cm³/mol. The van der Waals surface area contributed by atoms with E-state index in [2.05, 4.69) is 18.7 Å². The Labute approximate surface area is 112 Å². The lowest BCUT2D eigenvalue weighted by Gasteiger charge is -2.18. The quantitative estimate of drug-likeness (QED) is 0.787. The van der Waals surface area contributed by atoms with Crippen LogP contribution in [0, 0.1) is 0 Å². The normalized spacial score (nSPS) is 12.9. The molecule has 5 heteroatoms. The SMILES string of the molecule is CCN(CC)CCSC(C)c1ccc(C(=O)O)o1. The summed E-state index contributed by atoms with van der Waals surface area (Å²) < 4.78 is 5.28. The topological polar surface area (TPSA) is 53.7 Å². The van der Waals surface area contributed by atoms with Crippen LogP contribution < -0.4 is 0 Å². The van der Waals surface area contributed by atoms with Crippen LogP contribution in [-0.4, -0.2) is 41.4 Å². The molecule has 1 aromatic rings. The van der Waals surface area contributed by atoms with Crippen LogP contribution in [0.3, 0.4) is 0 Å². The van der Waals surface area contributed by atoms with Crippen LogP contribution in [0.5, 0.6) is 0 Å². The van der Waals surface area contributed by atoms with Gasteiger partial charge in [0, 0.05) is 12.3 Å². The Morgan fingerprint density at radius 2 is 2.11 bits per heavy atom. The van der Waals surface area contributed by atoms with Crippen LogP contribution in [0.4, 0.5) is 0 Å². The molecular formula is C13H21NO3S. The number of hydrogen-bond acceptors (Lipinski definition) is 4. The highest BCUT2D eigenvalue weighted by atomic mass is 32.2. The fourth-order valence-electron chi connectivity index (χ4n) is 1.67. The fourth-order valence-corrected chi connectivity index (χ4v) is 2.67. The van der Waals surface area contributed by atoms with Crippen LogP contribution in [-0.2, 0) is 0 Å². The van der Waals surface area contributed by atoms with E-state index in [1.54, 1.807) is 17.8 Å². The van der Waals surface area contributed by atoms with Crippen LogP contribution >= 0.6 is 11.8 Å². The van der Waals surface area contributed by atoms with Crippen LogP contribution in [0.1, 0.15) is 42.3 Å². The molecule has 0 aliphatic carbocycles. The summed E-state index contributed by atoms with van der Waals surface area (Å²) in [5.41, 5.74) is 0. The highest BCUT2D eigenvalue weighted by Gasteiger charge is 2.14. The number of carboxylic acid groups (broad SMARTS) is 1. The summed E-state index contributed by atoms with van der Waals surface area (Å²) in [5.74, 6) is 0.756. The van der Waals surface area contributed by atoms with Gasteiger partial charge in [-0.2, -0.15) is 0 Å². The average Bonchev–Trinajstić information content (AvgIpc) is 2.84. The number of carbonyl (C=O) groups is 1. The molecule has 1 aromatic heterocycles. The first-order valence-electron chi connectivity index (χ1n) is 6.25. The Bertz CT molecular complexity index is 374. The van der Waals surface area contributed by atoms with Crippen molar-refractivity contribution in [3.05, 3.63) is 23.7 Å². The van der Waals surface area contributed by atoms with Crippen molar-refractivity contribution >= 4 is 17.7 Å². The largest absolute Gasteiger partial charge is 0.475 e. The summed E-state index contributed by atoms with van der Waals surface area (Å²) >= 11 is 1.79. The Morgan fingerprint density at radius 1 is 1.44 bits per heavy atom. The van der Waals surface area contributed by atoms with Crippen LogP contribution in [0.25, 0.3) is 0 Å². The number of rotatable bonds is 8. The molecule has 0 amide bonds. The maximum absolute atomic E-state index is 10.7. The van der Waals surface area contributed by atoms with E-state index in [1.807, 2.05) is 6.92 Å². The monoisotopic (exact) mass is 271 g/mol. The summed E-state index contributed by atoms with van der Waals surface area (Å²) in [7, 11) is 0. The Balaban J connectivity index is 2.40. The van der Waals surface area contributed by atoms with Crippen molar-refractivity contribution in [3.63, 3.8) is 0 Å². The number of carboxylic acids is 1. The molecule has 1 rings (SSSR count). The van der Waals surface area contributed by atoms with E-state index in [0.29, 0.717) is 0 Å². The summed E-state index contributed by atoms with van der Waals surface area (Å²) in [6, 6.07) is 3.26. The van der Waals surface area contributed by atoms with Gasteiger partial charge in [0.1, 0.15) is 5.76 Å². The van der Waals surface area contributed by atoms with E-state index < -0.39 is 5.97 Å². The van der Waals surface area contributed by atoms with E-state index in [9.17, 15) is 4.79 Å². The Hall–Kier alpha value is -0.940. The molecule has 0 bridgehead atoms. The lowest BCUT2D eigenvalue weighted by atomic mass is 10.3. The summed E-state index contributed by atoms with van der Waals surface area (Å²) in [6.07, 6.45) is 0. The molecule has 0 aliphatic rings. The van der Waals surface area contributed by atoms with Crippen molar-refractivity contribution in [1.29, 1.82) is 0 Å². The third-order valence-corrected chi connectivity index (χ3v) is 4.06. The lowest BCUT2D eigenvalue weighted by molar-refractivity contribution is 0.0660. The van der Waals surface area contributed by atoms with Gasteiger partial charge in [0.2, 0.25) is 5.76 Å². The van der Waals surface area contributed by atoms with Crippen molar-refractivity contribution in [2.24, 2.45) is 0 Å². The molecule has 18 heavy (non-hydrogen) atoms. The number of nitrogens with zero attached hydrogens (tertiary/aromatic N) is 1. The first kappa shape index (κ1) is 15.1. The number of furan rings is 1. The van der Waals surface area contributed by atoms with Gasteiger partial charge < -0.3 is 14.4 Å². The molecule has 1 N–H and O–H groups in total. The standard InChI is InChI=1S/C13H21NO3S/c1-4-14(5-2)8-9-18-10(3)11-6-7-12(17-11)13(15)16/h6-7,10H,4-5,8-9H2,1-3H3,(H,15,16). The molecule has 0 aromatic carbocycles. The van der Waals surface area contributed by atoms with Gasteiger partial charge in [-0.1, -0.05) is 13.8 Å².